The van der Waals surface area contributed by atoms with Crippen LogP contribution in [-0.4, -0.2) is 44.0 Å². The summed E-state index contributed by atoms with van der Waals surface area (Å²) in [5.74, 6) is 0.378. The van der Waals surface area contributed by atoms with Gasteiger partial charge in [-0.3, -0.25) is 19.4 Å². The van der Waals surface area contributed by atoms with E-state index < -0.39 is 0 Å². The average Bonchev–Trinajstić information content (AvgIpc) is 2.61. The summed E-state index contributed by atoms with van der Waals surface area (Å²) < 4.78 is 5.35. The van der Waals surface area contributed by atoms with Gasteiger partial charge in [-0.25, -0.2) is 0 Å². The highest BCUT2D eigenvalue weighted by Gasteiger charge is 2.27. The van der Waals surface area contributed by atoms with Crippen molar-refractivity contribution in [3.63, 3.8) is 0 Å². The van der Waals surface area contributed by atoms with E-state index in [4.69, 9.17) is 16.3 Å². The van der Waals surface area contributed by atoms with Crippen LogP contribution in [0.3, 0.4) is 0 Å². The molecule has 6 nitrogen and oxygen atoms in total. The molecule has 1 aliphatic heterocycles. The van der Waals surface area contributed by atoms with Gasteiger partial charge in [-0.05, 0) is 37.4 Å². The SMILES string of the molecule is COc1ccc(Cl)cc1CN(C)CC(=O)N1CC(=O)Nc2ccccc21. The van der Waals surface area contributed by atoms with Crippen molar-refractivity contribution < 1.29 is 14.3 Å². The highest BCUT2D eigenvalue weighted by Crippen LogP contribution is 2.29. The summed E-state index contributed by atoms with van der Waals surface area (Å²) in [4.78, 5) is 28.0. The van der Waals surface area contributed by atoms with Gasteiger partial charge in [0.2, 0.25) is 11.8 Å². The molecular formula is C19H20ClN3O3. The smallest absolute Gasteiger partial charge is 0.244 e. The normalized spacial score (nSPS) is 13.4. The number of amides is 2. The number of hydrogen-bond donors (Lipinski definition) is 1. The molecule has 2 amide bonds. The summed E-state index contributed by atoms with van der Waals surface area (Å²) >= 11 is 6.06. The molecule has 0 aliphatic carbocycles. The van der Waals surface area contributed by atoms with Gasteiger partial charge in [0, 0.05) is 17.1 Å². The monoisotopic (exact) mass is 373 g/mol. The van der Waals surface area contributed by atoms with E-state index in [1.165, 1.54) is 4.90 Å². The number of ether oxygens (including phenoxy) is 1. The molecule has 0 spiro atoms. The molecule has 0 radical (unpaired) electrons. The Balaban J connectivity index is 1.72. The van der Waals surface area contributed by atoms with E-state index in [0.717, 1.165) is 11.3 Å². The number of nitrogens with one attached hydrogen (secondary N) is 1. The first-order valence-corrected chi connectivity index (χ1v) is 8.56. The quantitative estimate of drug-likeness (QED) is 0.875. The highest BCUT2D eigenvalue weighted by molar-refractivity contribution is 6.30. The van der Waals surface area contributed by atoms with Gasteiger partial charge in [0.15, 0.2) is 0 Å². The standard InChI is InChI=1S/C19H20ClN3O3/c1-22(10-13-9-14(20)7-8-17(13)26-2)12-19(25)23-11-18(24)21-15-5-3-4-6-16(15)23/h3-9H,10-12H2,1-2H3,(H,21,24). The number of para-hydroxylation sites is 2. The maximum absolute atomic E-state index is 12.8. The molecule has 3 rings (SSSR count). The minimum atomic E-state index is -0.198. The van der Waals surface area contributed by atoms with Crippen LogP contribution in [0.4, 0.5) is 11.4 Å². The maximum Gasteiger partial charge on any atom is 0.244 e. The van der Waals surface area contributed by atoms with Gasteiger partial charge in [0.1, 0.15) is 12.3 Å². The van der Waals surface area contributed by atoms with E-state index in [9.17, 15) is 9.59 Å². The van der Waals surface area contributed by atoms with Crippen molar-refractivity contribution >= 4 is 34.8 Å². The zero-order valence-corrected chi connectivity index (χ0v) is 15.4. The molecule has 2 aromatic rings. The van der Waals surface area contributed by atoms with Crippen LogP contribution in [0, 0.1) is 0 Å². The lowest BCUT2D eigenvalue weighted by Crippen LogP contribution is -2.45. The van der Waals surface area contributed by atoms with Crippen molar-refractivity contribution in [1.82, 2.24) is 4.90 Å². The molecule has 1 aliphatic rings. The Morgan fingerprint density at radius 1 is 1.31 bits per heavy atom. The van der Waals surface area contributed by atoms with E-state index in [2.05, 4.69) is 5.32 Å². The fourth-order valence-corrected chi connectivity index (χ4v) is 3.18. The second-order valence-corrected chi connectivity index (χ2v) is 6.61. The van der Waals surface area contributed by atoms with Crippen molar-refractivity contribution in [2.75, 3.05) is 37.5 Å². The summed E-state index contributed by atoms with van der Waals surface area (Å²) in [7, 11) is 3.44. The number of rotatable bonds is 5. The topological polar surface area (TPSA) is 61.9 Å². The molecule has 0 atom stereocenters. The van der Waals surface area contributed by atoms with Gasteiger partial charge in [0.05, 0.1) is 25.0 Å². The van der Waals surface area contributed by atoms with E-state index in [1.54, 1.807) is 25.3 Å². The third kappa shape index (κ3) is 3.98. The van der Waals surface area contributed by atoms with Gasteiger partial charge in [-0.15, -0.1) is 0 Å². The maximum atomic E-state index is 12.8. The number of anilines is 2. The van der Waals surface area contributed by atoms with Crippen LogP contribution >= 0.6 is 11.6 Å². The molecule has 1 heterocycles. The molecule has 0 aromatic heterocycles. The van der Waals surface area contributed by atoms with E-state index >= 15 is 0 Å². The predicted octanol–water partition coefficient (Wildman–Crippen LogP) is 2.77. The van der Waals surface area contributed by atoms with Crippen LogP contribution < -0.4 is 15.0 Å². The Kier molecular flexibility index (Phi) is 5.44. The minimum absolute atomic E-state index is 0.0180. The van der Waals surface area contributed by atoms with Crippen LogP contribution in [0.25, 0.3) is 0 Å². The van der Waals surface area contributed by atoms with Crippen LogP contribution in [0.5, 0.6) is 5.75 Å². The number of hydrogen-bond acceptors (Lipinski definition) is 4. The van der Waals surface area contributed by atoms with Crippen molar-refractivity contribution in [2.45, 2.75) is 6.54 Å². The van der Waals surface area contributed by atoms with Crippen LogP contribution in [0.2, 0.25) is 5.02 Å². The molecule has 0 saturated heterocycles. The van der Waals surface area contributed by atoms with Gasteiger partial charge >= 0.3 is 0 Å². The second kappa shape index (κ2) is 7.76. The van der Waals surface area contributed by atoms with Crippen LogP contribution in [-0.2, 0) is 16.1 Å². The first-order chi connectivity index (χ1) is 12.5. The minimum Gasteiger partial charge on any atom is -0.496 e. The Labute approximate surface area is 157 Å². The van der Waals surface area contributed by atoms with E-state index in [1.807, 2.05) is 36.2 Å². The summed E-state index contributed by atoms with van der Waals surface area (Å²) in [6.07, 6.45) is 0. The summed E-state index contributed by atoms with van der Waals surface area (Å²) in [6.45, 7) is 0.679. The van der Waals surface area contributed by atoms with Gasteiger partial charge < -0.3 is 10.1 Å². The molecule has 2 aromatic carbocycles. The van der Waals surface area contributed by atoms with Crippen molar-refractivity contribution in [2.24, 2.45) is 0 Å². The molecule has 26 heavy (non-hydrogen) atoms. The average molecular weight is 374 g/mol. The van der Waals surface area contributed by atoms with Crippen molar-refractivity contribution in [3.05, 3.63) is 53.1 Å². The van der Waals surface area contributed by atoms with Crippen LogP contribution in [0.15, 0.2) is 42.5 Å². The molecule has 0 bridgehead atoms. The Bertz CT molecular complexity index is 841. The van der Waals surface area contributed by atoms with E-state index in [-0.39, 0.29) is 24.9 Å². The Morgan fingerprint density at radius 3 is 2.85 bits per heavy atom. The summed E-state index contributed by atoms with van der Waals surface area (Å²) in [5, 5.41) is 3.39. The lowest BCUT2D eigenvalue weighted by molar-refractivity contribution is -0.122. The lowest BCUT2D eigenvalue weighted by atomic mass is 10.1. The number of fused-ring (bicyclic) bond motifs is 1. The largest absolute Gasteiger partial charge is 0.496 e. The van der Waals surface area contributed by atoms with Gasteiger partial charge in [0.25, 0.3) is 0 Å². The first-order valence-electron chi connectivity index (χ1n) is 8.18. The molecule has 0 fully saturated rings. The number of likely N-dealkylation sites (N-methyl/N-ethyl adjacent to an activating group) is 1. The lowest BCUT2D eigenvalue weighted by Gasteiger charge is -2.30. The van der Waals surface area contributed by atoms with Crippen molar-refractivity contribution in [1.29, 1.82) is 0 Å². The van der Waals surface area contributed by atoms with Crippen LogP contribution in [0.1, 0.15) is 5.56 Å². The molecular weight excluding hydrogens is 354 g/mol. The zero-order chi connectivity index (χ0) is 18.7. The number of benzene rings is 2. The summed E-state index contributed by atoms with van der Waals surface area (Å²) in [6, 6.07) is 12.7. The predicted molar refractivity (Wildman–Crippen MR) is 102 cm³/mol. The fraction of sp³-hybridized carbons (Fsp3) is 0.263. The Hall–Kier alpha value is -2.57. The molecule has 7 heteroatoms. The Morgan fingerprint density at radius 2 is 2.08 bits per heavy atom. The number of carbonyl (C=O) groups excluding carboxylic acids is 2. The van der Waals surface area contributed by atoms with Gasteiger partial charge in [-0.1, -0.05) is 23.7 Å². The first kappa shape index (κ1) is 18.2. The molecule has 1 N–H and O–H groups in total. The second-order valence-electron chi connectivity index (χ2n) is 6.17. The molecule has 0 unspecified atom stereocenters. The third-order valence-corrected chi connectivity index (χ3v) is 4.39. The number of nitrogens with zero attached hydrogens (tertiary/aromatic N) is 2. The fourth-order valence-electron chi connectivity index (χ4n) is 2.99. The molecule has 0 saturated carbocycles. The molecule has 136 valence electrons. The number of carbonyl (C=O) groups is 2. The third-order valence-electron chi connectivity index (χ3n) is 4.16. The van der Waals surface area contributed by atoms with Gasteiger partial charge in [-0.2, -0.15) is 0 Å². The zero-order valence-electron chi connectivity index (χ0n) is 14.7. The van der Waals surface area contributed by atoms with Crippen molar-refractivity contribution in [3.8, 4) is 5.75 Å². The highest BCUT2D eigenvalue weighted by atomic mass is 35.5. The number of methoxy groups -OCH3 is 1. The summed E-state index contributed by atoms with van der Waals surface area (Å²) in [5.41, 5.74) is 2.26. The van der Waals surface area contributed by atoms with E-state index in [0.29, 0.717) is 22.9 Å². The number of halogens is 1.